The predicted octanol–water partition coefficient (Wildman–Crippen LogP) is 2.95. The van der Waals surface area contributed by atoms with E-state index in [-0.39, 0.29) is 0 Å². The lowest BCUT2D eigenvalue weighted by Crippen LogP contribution is -2.42. The van der Waals surface area contributed by atoms with E-state index >= 15 is 0 Å². The summed E-state index contributed by atoms with van der Waals surface area (Å²) in [6.07, 6.45) is 8.42. The first-order chi connectivity index (χ1) is 7.52. The summed E-state index contributed by atoms with van der Waals surface area (Å²) in [4.78, 5) is 0. The highest BCUT2D eigenvalue weighted by Crippen LogP contribution is 2.28. The first kappa shape index (κ1) is 14.0. The van der Waals surface area contributed by atoms with Gasteiger partial charge in [-0.1, -0.05) is 39.5 Å². The van der Waals surface area contributed by atoms with Crippen LogP contribution in [0.1, 0.15) is 59.3 Å². The summed E-state index contributed by atoms with van der Waals surface area (Å²) in [5, 5.41) is 13.4. The molecule has 0 aromatic rings. The third-order valence-corrected chi connectivity index (χ3v) is 4.17. The standard InChI is InChI=1S/C14H29NO/c1-12(2)14(3,16)11-15-10-6-9-13-7-4-5-8-13/h12-13,15-16H,4-11H2,1-3H3. The van der Waals surface area contributed by atoms with E-state index in [2.05, 4.69) is 19.2 Å². The monoisotopic (exact) mass is 227 g/mol. The second-order valence-electron chi connectivity index (χ2n) is 5.98. The van der Waals surface area contributed by atoms with Gasteiger partial charge in [0, 0.05) is 6.54 Å². The van der Waals surface area contributed by atoms with Crippen LogP contribution in [0.5, 0.6) is 0 Å². The Kier molecular flexibility index (Phi) is 5.77. The van der Waals surface area contributed by atoms with Gasteiger partial charge in [-0.3, -0.25) is 0 Å². The molecule has 0 heterocycles. The Balaban J connectivity index is 1.99. The fourth-order valence-corrected chi connectivity index (χ4v) is 2.36. The fourth-order valence-electron chi connectivity index (χ4n) is 2.36. The summed E-state index contributed by atoms with van der Waals surface area (Å²) >= 11 is 0. The van der Waals surface area contributed by atoms with E-state index in [1.807, 2.05) is 6.92 Å². The van der Waals surface area contributed by atoms with Crippen LogP contribution in [0.2, 0.25) is 0 Å². The molecular formula is C14H29NO. The van der Waals surface area contributed by atoms with Crippen LogP contribution in [0.3, 0.4) is 0 Å². The van der Waals surface area contributed by atoms with Gasteiger partial charge in [0.05, 0.1) is 5.60 Å². The Labute approximate surface area is 101 Å². The van der Waals surface area contributed by atoms with Crippen molar-refractivity contribution in [2.45, 2.75) is 64.9 Å². The van der Waals surface area contributed by atoms with Crippen molar-refractivity contribution in [2.75, 3.05) is 13.1 Å². The minimum atomic E-state index is -0.562. The van der Waals surface area contributed by atoms with Gasteiger partial charge in [-0.15, -0.1) is 0 Å². The van der Waals surface area contributed by atoms with Crippen LogP contribution in [0.25, 0.3) is 0 Å². The average molecular weight is 227 g/mol. The maximum Gasteiger partial charge on any atom is 0.0766 e. The Morgan fingerprint density at radius 2 is 1.94 bits per heavy atom. The molecule has 0 amide bonds. The van der Waals surface area contributed by atoms with E-state index in [0.717, 1.165) is 19.0 Å². The second-order valence-corrected chi connectivity index (χ2v) is 5.98. The molecule has 96 valence electrons. The molecule has 16 heavy (non-hydrogen) atoms. The van der Waals surface area contributed by atoms with Crippen LogP contribution in [0, 0.1) is 11.8 Å². The highest BCUT2D eigenvalue weighted by Gasteiger charge is 2.23. The van der Waals surface area contributed by atoms with Gasteiger partial charge in [0.1, 0.15) is 0 Å². The Morgan fingerprint density at radius 1 is 1.31 bits per heavy atom. The van der Waals surface area contributed by atoms with Gasteiger partial charge in [-0.25, -0.2) is 0 Å². The molecular weight excluding hydrogens is 198 g/mol. The highest BCUT2D eigenvalue weighted by atomic mass is 16.3. The van der Waals surface area contributed by atoms with E-state index in [1.54, 1.807) is 0 Å². The molecule has 1 unspecified atom stereocenters. The van der Waals surface area contributed by atoms with Gasteiger partial charge < -0.3 is 10.4 Å². The average Bonchev–Trinajstić information content (AvgIpc) is 2.69. The molecule has 0 bridgehead atoms. The van der Waals surface area contributed by atoms with Crippen LogP contribution in [-0.2, 0) is 0 Å². The van der Waals surface area contributed by atoms with Gasteiger partial charge in [-0.2, -0.15) is 0 Å². The van der Waals surface area contributed by atoms with Gasteiger partial charge in [0.2, 0.25) is 0 Å². The molecule has 0 aromatic carbocycles. The second kappa shape index (κ2) is 6.61. The molecule has 0 radical (unpaired) electrons. The molecule has 0 spiro atoms. The minimum absolute atomic E-state index is 0.315. The molecule has 2 N–H and O–H groups in total. The summed E-state index contributed by atoms with van der Waals surface area (Å²) in [5.41, 5.74) is -0.562. The Morgan fingerprint density at radius 3 is 2.50 bits per heavy atom. The molecule has 0 saturated heterocycles. The van der Waals surface area contributed by atoms with Crippen molar-refractivity contribution >= 4 is 0 Å². The molecule has 0 aromatic heterocycles. The highest BCUT2D eigenvalue weighted by molar-refractivity contribution is 4.78. The van der Waals surface area contributed by atoms with E-state index in [0.29, 0.717) is 5.92 Å². The fraction of sp³-hybridized carbons (Fsp3) is 1.00. The van der Waals surface area contributed by atoms with Crippen LogP contribution < -0.4 is 5.32 Å². The lowest BCUT2D eigenvalue weighted by Gasteiger charge is -2.28. The smallest absolute Gasteiger partial charge is 0.0766 e. The van der Waals surface area contributed by atoms with Crippen molar-refractivity contribution in [3.63, 3.8) is 0 Å². The maximum absolute atomic E-state index is 10.0. The third kappa shape index (κ3) is 4.84. The van der Waals surface area contributed by atoms with Gasteiger partial charge in [0.15, 0.2) is 0 Å². The van der Waals surface area contributed by atoms with Crippen LogP contribution >= 0.6 is 0 Å². The number of rotatable bonds is 7. The number of nitrogens with one attached hydrogen (secondary N) is 1. The van der Waals surface area contributed by atoms with Gasteiger partial charge >= 0.3 is 0 Å². The summed E-state index contributed by atoms with van der Waals surface area (Å²) in [6.45, 7) is 7.83. The summed E-state index contributed by atoms with van der Waals surface area (Å²) < 4.78 is 0. The molecule has 1 atom stereocenters. The van der Waals surface area contributed by atoms with Crippen LogP contribution in [0.4, 0.5) is 0 Å². The first-order valence-corrected chi connectivity index (χ1v) is 6.95. The molecule has 2 heteroatoms. The van der Waals surface area contributed by atoms with Gasteiger partial charge in [0.25, 0.3) is 0 Å². The quantitative estimate of drug-likeness (QED) is 0.655. The summed E-state index contributed by atoms with van der Waals surface area (Å²) in [6, 6.07) is 0. The lowest BCUT2D eigenvalue weighted by molar-refractivity contribution is 0.0143. The zero-order valence-electron chi connectivity index (χ0n) is 11.3. The van der Waals surface area contributed by atoms with E-state index < -0.39 is 5.60 Å². The van der Waals surface area contributed by atoms with Crippen LogP contribution in [0.15, 0.2) is 0 Å². The molecule has 1 aliphatic rings. The minimum Gasteiger partial charge on any atom is -0.389 e. The van der Waals surface area contributed by atoms with E-state index in [4.69, 9.17) is 0 Å². The molecule has 1 fully saturated rings. The maximum atomic E-state index is 10.0. The first-order valence-electron chi connectivity index (χ1n) is 6.95. The number of aliphatic hydroxyl groups is 1. The van der Waals surface area contributed by atoms with Crippen molar-refractivity contribution in [3.8, 4) is 0 Å². The van der Waals surface area contributed by atoms with Crippen molar-refractivity contribution in [2.24, 2.45) is 11.8 Å². The third-order valence-electron chi connectivity index (χ3n) is 4.17. The normalized spacial score (nSPS) is 21.6. The largest absolute Gasteiger partial charge is 0.389 e. The summed E-state index contributed by atoms with van der Waals surface area (Å²) in [5.74, 6) is 1.31. The van der Waals surface area contributed by atoms with Gasteiger partial charge in [-0.05, 0) is 38.1 Å². The zero-order valence-corrected chi connectivity index (χ0v) is 11.3. The van der Waals surface area contributed by atoms with Crippen molar-refractivity contribution in [1.29, 1.82) is 0 Å². The van der Waals surface area contributed by atoms with E-state index in [1.165, 1.54) is 38.5 Å². The van der Waals surface area contributed by atoms with E-state index in [9.17, 15) is 5.11 Å². The SMILES string of the molecule is CC(C)C(C)(O)CNCCCC1CCCC1. The van der Waals surface area contributed by atoms with Crippen LogP contribution in [-0.4, -0.2) is 23.8 Å². The Hall–Kier alpha value is -0.0800. The summed E-state index contributed by atoms with van der Waals surface area (Å²) in [7, 11) is 0. The van der Waals surface area contributed by atoms with Crippen molar-refractivity contribution < 1.29 is 5.11 Å². The molecule has 2 nitrogen and oxygen atoms in total. The van der Waals surface area contributed by atoms with Crippen molar-refractivity contribution in [3.05, 3.63) is 0 Å². The Bertz CT molecular complexity index is 183. The predicted molar refractivity (Wildman–Crippen MR) is 69.5 cm³/mol. The van der Waals surface area contributed by atoms with Crippen molar-refractivity contribution in [1.82, 2.24) is 5.32 Å². The molecule has 1 rings (SSSR count). The number of hydrogen-bond acceptors (Lipinski definition) is 2. The molecule has 1 saturated carbocycles. The topological polar surface area (TPSA) is 32.3 Å². The molecule has 1 aliphatic carbocycles. The molecule has 0 aliphatic heterocycles. The lowest BCUT2D eigenvalue weighted by atomic mass is 9.92. The zero-order chi connectivity index (χ0) is 12.0. The number of hydrogen-bond donors (Lipinski definition) is 2.